The van der Waals surface area contributed by atoms with E-state index in [0.717, 1.165) is 117 Å². The maximum atomic E-state index is 6.63. The number of nitrogens with one attached hydrogen (secondary N) is 4. The highest BCUT2D eigenvalue weighted by atomic mass is 35.5. The van der Waals surface area contributed by atoms with Gasteiger partial charge in [0.2, 0.25) is 0 Å². The minimum absolute atomic E-state index is 0.367. The summed E-state index contributed by atoms with van der Waals surface area (Å²) in [6.07, 6.45) is 25.7. The monoisotopic (exact) mass is 1480 g/mol. The van der Waals surface area contributed by atoms with Gasteiger partial charge in [-0.05, 0) is 150 Å². The summed E-state index contributed by atoms with van der Waals surface area (Å²) in [6, 6.07) is 27.1. The second kappa shape index (κ2) is 32.3. The SMILES string of the molecule is CC(C)c1cnnc(Nc2ccc3nc(Cl)c(-c4cnn(C)c4)cc3n2)c1.CC(C)c1cnnc(Nc2ccc3ncc(-c4cnn(C)c4)c(Cl)c3n2)c1.Cc1c(-c2cnn(C)c2)cnc2ccc(Nc3cc(C(C)C)cnn3)nc12.Cc1nc2ccc(Nc3cc(C(C)C)cnn3)nc2cc1-c1cnn(C)c1. The van der Waals surface area contributed by atoms with Crippen molar-refractivity contribution in [1.82, 2.24) is 120 Å². The lowest BCUT2D eigenvalue weighted by Gasteiger charge is -2.10. The zero-order valence-corrected chi connectivity index (χ0v) is 63.5. The van der Waals surface area contributed by atoms with Crippen LogP contribution in [-0.2, 0) is 28.2 Å². The molecule has 0 saturated heterocycles. The molecule has 0 fully saturated rings. The Labute approximate surface area is 632 Å². The molecule has 16 aromatic rings. The molecule has 0 saturated carbocycles. The molecule has 0 unspecified atom stereocenters. The van der Waals surface area contributed by atoms with Crippen LogP contribution in [0.2, 0.25) is 10.2 Å². The molecule has 544 valence electrons. The molecule has 0 radical (unpaired) electrons. The molecular weight excluding hydrogens is 1400 g/mol. The number of fused-ring (bicyclic) bond motifs is 4. The van der Waals surface area contributed by atoms with Crippen molar-refractivity contribution in [3.63, 3.8) is 0 Å². The molecule has 0 aliphatic heterocycles. The number of hydrogen-bond acceptors (Lipinski definition) is 24. The second-order valence-corrected chi connectivity index (χ2v) is 27.8. The van der Waals surface area contributed by atoms with E-state index < -0.39 is 0 Å². The summed E-state index contributed by atoms with van der Waals surface area (Å²) in [7, 11) is 7.52. The van der Waals surface area contributed by atoms with Crippen LogP contribution in [0.4, 0.5) is 46.5 Å². The summed E-state index contributed by atoms with van der Waals surface area (Å²) in [5.74, 6) is 6.89. The van der Waals surface area contributed by atoms with E-state index in [4.69, 9.17) is 38.2 Å². The Bertz CT molecular complexity index is 5460. The first-order valence-corrected chi connectivity index (χ1v) is 35.6. The van der Waals surface area contributed by atoms with E-state index in [1.165, 1.54) is 0 Å². The van der Waals surface area contributed by atoms with Crippen molar-refractivity contribution in [2.75, 3.05) is 21.3 Å². The van der Waals surface area contributed by atoms with Crippen LogP contribution in [-0.4, -0.2) is 120 Å². The highest BCUT2D eigenvalue weighted by Crippen LogP contribution is 2.36. The van der Waals surface area contributed by atoms with Crippen LogP contribution in [0.3, 0.4) is 0 Å². The standard InChI is InChI=1S/2C20H21N7.2C19H18ClN7/c1-12(2)14-7-20(26-21-9-14)25-19-6-5-17-18(24-19)8-16(13(3)23-17)15-10-22-27(4)11-15;1-12(2)14-7-19(26-22-8-14)24-18-6-5-17-20(25-18)13(3)16(10-21-17)15-9-23-27(4)11-15;1-11(2)12-6-18(26-21-8-12)25-17-5-4-15-16(23-17)7-14(19(20)24-15)13-9-22-27(3)10-13;1-11(2)12-6-17(26-22-7-12)24-16-5-4-15-19(25-16)18(20)14(9-21-15)13-8-23-27(3)10-13/h2*5-12H,1-4H3,(H,24,25,26);4-11H,1-3H3,(H,23,25,26);4-11H,1-3H3,(H,24,25,26). The molecule has 16 heterocycles. The molecule has 0 aliphatic rings. The van der Waals surface area contributed by atoms with Gasteiger partial charge in [-0.15, -0.1) is 20.4 Å². The largest absolute Gasteiger partial charge is 0.323 e. The van der Waals surface area contributed by atoms with Gasteiger partial charge in [0.05, 0.1) is 93.2 Å². The van der Waals surface area contributed by atoms with Crippen molar-refractivity contribution in [3.05, 3.63) is 215 Å². The lowest BCUT2D eigenvalue weighted by atomic mass is 10.0. The average Bonchev–Trinajstić information content (AvgIpc) is 1.26. The molecule has 16 aromatic heterocycles. The number of nitrogens with zero attached hydrogens (tertiary/aromatic N) is 24. The lowest BCUT2D eigenvalue weighted by Crippen LogP contribution is -2.01. The van der Waals surface area contributed by atoms with Gasteiger partial charge in [0.15, 0.2) is 23.3 Å². The Morgan fingerprint density at radius 2 is 0.648 bits per heavy atom. The summed E-state index contributed by atoms with van der Waals surface area (Å²) in [6.45, 7) is 21.0. The molecule has 0 aliphatic carbocycles. The van der Waals surface area contributed by atoms with E-state index in [1.54, 1.807) is 62.1 Å². The lowest BCUT2D eigenvalue weighted by molar-refractivity contribution is 0.768. The van der Waals surface area contributed by atoms with E-state index in [9.17, 15) is 0 Å². The molecule has 0 spiro atoms. The fourth-order valence-electron chi connectivity index (χ4n) is 11.5. The van der Waals surface area contributed by atoms with Crippen molar-refractivity contribution < 1.29 is 0 Å². The molecule has 30 heteroatoms. The van der Waals surface area contributed by atoms with Crippen LogP contribution in [0.25, 0.3) is 88.6 Å². The summed E-state index contributed by atoms with van der Waals surface area (Å²) >= 11 is 13.0. The Morgan fingerprint density at radius 1 is 0.315 bits per heavy atom. The molecular formula is C78H78Cl2N28. The maximum Gasteiger partial charge on any atom is 0.154 e. The Morgan fingerprint density at radius 3 is 1.05 bits per heavy atom. The number of halogens is 2. The van der Waals surface area contributed by atoms with Crippen LogP contribution in [0.1, 0.15) is 113 Å². The highest BCUT2D eigenvalue weighted by molar-refractivity contribution is 6.37. The first-order valence-electron chi connectivity index (χ1n) is 34.8. The number of pyridine rings is 8. The van der Waals surface area contributed by atoms with Gasteiger partial charge in [-0.3, -0.25) is 33.7 Å². The van der Waals surface area contributed by atoms with Crippen LogP contribution < -0.4 is 21.3 Å². The first-order chi connectivity index (χ1) is 52.0. The molecule has 108 heavy (non-hydrogen) atoms. The number of hydrogen-bond donors (Lipinski definition) is 4. The zero-order chi connectivity index (χ0) is 75.9. The zero-order valence-electron chi connectivity index (χ0n) is 62.0. The van der Waals surface area contributed by atoms with Gasteiger partial charge < -0.3 is 21.3 Å². The van der Waals surface area contributed by atoms with Crippen LogP contribution in [0, 0.1) is 13.8 Å². The van der Waals surface area contributed by atoms with Crippen molar-refractivity contribution in [2.24, 2.45) is 28.2 Å². The smallest absolute Gasteiger partial charge is 0.154 e. The van der Waals surface area contributed by atoms with E-state index >= 15 is 0 Å². The maximum absolute atomic E-state index is 6.63. The topological polar surface area (TPSA) is 326 Å². The van der Waals surface area contributed by atoms with Crippen LogP contribution >= 0.6 is 23.2 Å². The molecule has 16 rings (SSSR count). The molecule has 4 N–H and O–H groups in total. The van der Waals surface area contributed by atoms with Crippen LogP contribution in [0.15, 0.2) is 172 Å². The van der Waals surface area contributed by atoms with Gasteiger partial charge in [-0.2, -0.15) is 40.8 Å². The average molecular weight is 1480 g/mol. The van der Waals surface area contributed by atoms with E-state index in [0.29, 0.717) is 85.9 Å². The molecule has 0 amide bonds. The van der Waals surface area contributed by atoms with Gasteiger partial charge >= 0.3 is 0 Å². The molecule has 0 aromatic carbocycles. The second-order valence-electron chi connectivity index (χ2n) is 27.1. The Hall–Kier alpha value is -12.8. The third-order valence-electron chi connectivity index (χ3n) is 17.6. The van der Waals surface area contributed by atoms with E-state index in [-0.39, 0.29) is 0 Å². The number of aromatic nitrogens is 24. The minimum atomic E-state index is 0.367. The minimum Gasteiger partial charge on any atom is -0.323 e. The van der Waals surface area contributed by atoms with Crippen LogP contribution in [0.5, 0.6) is 0 Å². The normalized spacial score (nSPS) is 11.3. The van der Waals surface area contributed by atoms with Gasteiger partial charge in [0.25, 0.3) is 0 Å². The fourth-order valence-corrected chi connectivity index (χ4v) is 12.0. The van der Waals surface area contributed by atoms with Crippen molar-refractivity contribution in [2.45, 2.75) is 92.9 Å². The first kappa shape index (κ1) is 73.5. The number of anilines is 8. The van der Waals surface area contributed by atoms with Gasteiger partial charge in [0.1, 0.15) is 33.9 Å². The summed E-state index contributed by atoms with van der Waals surface area (Å²) in [5.41, 5.74) is 20.2. The fraction of sp³-hybridized carbons (Fsp3) is 0.231. The van der Waals surface area contributed by atoms with Gasteiger partial charge in [-0.1, -0.05) is 78.6 Å². The van der Waals surface area contributed by atoms with Gasteiger partial charge in [0, 0.05) is 116 Å². The van der Waals surface area contributed by atoms with Crippen molar-refractivity contribution >= 4 is 114 Å². The van der Waals surface area contributed by atoms with Gasteiger partial charge in [-0.25, -0.2) is 24.9 Å². The quantitative estimate of drug-likeness (QED) is 0.0653. The Balaban J connectivity index is 0.000000127. The number of rotatable bonds is 16. The summed E-state index contributed by atoms with van der Waals surface area (Å²) in [5, 5.41) is 63.6. The molecule has 28 nitrogen and oxygen atoms in total. The third-order valence-corrected chi connectivity index (χ3v) is 18.2. The molecule has 0 bridgehead atoms. The molecule has 0 atom stereocenters. The highest BCUT2D eigenvalue weighted by Gasteiger charge is 2.18. The summed E-state index contributed by atoms with van der Waals surface area (Å²) in [4.78, 5) is 36.9. The van der Waals surface area contributed by atoms with Crippen molar-refractivity contribution in [1.29, 1.82) is 0 Å². The van der Waals surface area contributed by atoms with Crippen molar-refractivity contribution in [3.8, 4) is 44.5 Å². The predicted molar refractivity (Wildman–Crippen MR) is 424 cm³/mol. The number of aryl methyl sites for hydroxylation is 6. The summed E-state index contributed by atoms with van der Waals surface area (Å²) < 4.78 is 7.01. The van der Waals surface area contributed by atoms with E-state index in [1.807, 2.05) is 157 Å². The predicted octanol–water partition coefficient (Wildman–Crippen LogP) is 16.7. The van der Waals surface area contributed by atoms with E-state index in [2.05, 4.69) is 176 Å². The Kier molecular flexibility index (Phi) is 22.0. The third kappa shape index (κ3) is 17.4.